The number of hydrogen-bond acceptors (Lipinski definition) is 4. The first-order chi connectivity index (χ1) is 9.04. The molecule has 1 N–H and O–H groups in total. The third-order valence-corrected chi connectivity index (χ3v) is 3.72. The smallest absolute Gasteiger partial charge is 0.317 e. The second kappa shape index (κ2) is 8.27. The van der Waals surface area contributed by atoms with Crippen molar-refractivity contribution in [2.75, 3.05) is 65.4 Å². The zero-order valence-corrected chi connectivity index (χ0v) is 12.8. The lowest BCUT2D eigenvalue weighted by Crippen LogP contribution is -2.52. The molecule has 0 radical (unpaired) electrons. The zero-order chi connectivity index (χ0) is 14.3. The maximum atomic E-state index is 11.9. The van der Waals surface area contributed by atoms with Crippen LogP contribution in [0.4, 0.5) is 4.79 Å². The minimum Gasteiger partial charge on any atom is -0.339 e. The van der Waals surface area contributed by atoms with Crippen LogP contribution < -0.4 is 5.32 Å². The molecule has 1 saturated heterocycles. The SMILES string of the molecule is CSCCN1CCN(C(=O)CNC(=O)N(C)C)CC1. The molecule has 0 aromatic carbocycles. The Bertz CT molecular complexity index is 304. The Morgan fingerprint density at radius 2 is 1.84 bits per heavy atom. The Balaban J connectivity index is 2.23. The van der Waals surface area contributed by atoms with E-state index in [4.69, 9.17) is 0 Å². The Hall–Kier alpha value is -0.950. The van der Waals surface area contributed by atoms with Crippen molar-refractivity contribution in [2.45, 2.75) is 0 Å². The van der Waals surface area contributed by atoms with Crippen molar-refractivity contribution >= 4 is 23.7 Å². The van der Waals surface area contributed by atoms with Crippen molar-refractivity contribution in [1.82, 2.24) is 20.0 Å². The highest BCUT2D eigenvalue weighted by molar-refractivity contribution is 7.98. The molecule has 19 heavy (non-hydrogen) atoms. The number of amides is 3. The maximum absolute atomic E-state index is 11.9. The lowest BCUT2D eigenvalue weighted by molar-refractivity contribution is -0.131. The fourth-order valence-corrected chi connectivity index (χ4v) is 2.30. The van der Waals surface area contributed by atoms with E-state index in [1.807, 2.05) is 16.7 Å². The van der Waals surface area contributed by atoms with Gasteiger partial charge in [-0.1, -0.05) is 0 Å². The van der Waals surface area contributed by atoms with Crippen LogP contribution in [0.2, 0.25) is 0 Å². The predicted octanol–water partition coefficient (Wildman–Crippen LogP) is -0.235. The molecule has 1 heterocycles. The number of piperazine rings is 1. The average molecular weight is 288 g/mol. The summed E-state index contributed by atoms with van der Waals surface area (Å²) in [6.07, 6.45) is 2.10. The van der Waals surface area contributed by atoms with Crippen LogP contribution in [0, 0.1) is 0 Å². The van der Waals surface area contributed by atoms with Crippen LogP contribution in [0.3, 0.4) is 0 Å². The van der Waals surface area contributed by atoms with Crippen LogP contribution in [0.1, 0.15) is 0 Å². The van der Waals surface area contributed by atoms with Gasteiger partial charge in [-0.2, -0.15) is 11.8 Å². The lowest BCUT2D eigenvalue weighted by atomic mass is 10.3. The van der Waals surface area contributed by atoms with Gasteiger partial charge in [-0.25, -0.2) is 4.79 Å². The molecule has 0 aliphatic carbocycles. The van der Waals surface area contributed by atoms with Gasteiger partial charge in [-0.3, -0.25) is 9.69 Å². The molecule has 1 aliphatic heterocycles. The molecule has 1 fully saturated rings. The van der Waals surface area contributed by atoms with Gasteiger partial charge in [0, 0.05) is 52.6 Å². The van der Waals surface area contributed by atoms with Crippen molar-refractivity contribution in [3.8, 4) is 0 Å². The van der Waals surface area contributed by atoms with Crippen LogP contribution in [-0.2, 0) is 4.79 Å². The first-order valence-electron chi connectivity index (χ1n) is 6.49. The van der Waals surface area contributed by atoms with Crippen molar-refractivity contribution in [3.63, 3.8) is 0 Å². The summed E-state index contributed by atoms with van der Waals surface area (Å²) in [5.74, 6) is 1.13. The number of nitrogens with zero attached hydrogens (tertiary/aromatic N) is 3. The summed E-state index contributed by atoms with van der Waals surface area (Å²) in [6.45, 7) is 4.53. The van der Waals surface area contributed by atoms with E-state index in [2.05, 4.69) is 16.5 Å². The number of rotatable bonds is 5. The lowest BCUT2D eigenvalue weighted by Gasteiger charge is -2.34. The second-order valence-corrected chi connectivity index (χ2v) is 5.75. The van der Waals surface area contributed by atoms with Gasteiger partial charge >= 0.3 is 6.03 Å². The minimum atomic E-state index is -0.230. The zero-order valence-electron chi connectivity index (χ0n) is 12.0. The standard InChI is InChI=1S/C12H24N4O2S/c1-14(2)12(18)13-10-11(17)16-6-4-15(5-7-16)8-9-19-3/h4-10H2,1-3H3,(H,13,18). The predicted molar refractivity (Wildman–Crippen MR) is 78.5 cm³/mol. The van der Waals surface area contributed by atoms with Crippen LogP contribution in [0.25, 0.3) is 0 Å². The van der Waals surface area contributed by atoms with E-state index in [1.165, 1.54) is 4.90 Å². The molecule has 0 spiro atoms. The van der Waals surface area contributed by atoms with E-state index >= 15 is 0 Å². The average Bonchev–Trinajstić information content (AvgIpc) is 2.42. The Morgan fingerprint density at radius 3 is 2.37 bits per heavy atom. The third-order valence-electron chi connectivity index (χ3n) is 3.13. The van der Waals surface area contributed by atoms with E-state index in [0.29, 0.717) is 0 Å². The molecule has 3 amide bonds. The van der Waals surface area contributed by atoms with Gasteiger partial charge in [-0.05, 0) is 6.26 Å². The quantitative estimate of drug-likeness (QED) is 0.759. The molecule has 6 nitrogen and oxygen atoms in total. The minimum absolute atomic E-state index is 0.000262. The number of thioether (sulfide) groups is 1. The first kappa shape index (κ1) is 16.1. The van der Waals surface area contributed by atoms with Gasteiger partial charge in [-0.15, -0.1) is 0 Å². The molecule has 0 atom stereocenters. The summed E-state index contributed by atoms with van der Waals surface area (Å²) in [7, 11) is 3.31. The summed E-state index contributed by atoms with van der Waals surface area (Å²) in [4.78, 5) is 28.9. The van der Waals surface area contributed by atoms with E-state index < -0.39 is 0 Å². The van der Waals surface area contributed by atoms with Gasteiger partial charge in [0.05, 0.1) is 6.54 Å². The molecule has 1 aliphatic rings. The van der Waals surface area contributed by atoms with E-state index in [-0.39, 0.29) is 18.5 Å². The fraction of sp³-hybridized carbons (Fsp3) is 0.833. The Labute approximate surface area is 119 Å². The maximum Gasteiger partial charge on any atom is 0.317 e. The summed E-state index contributed by atoms with van der Waals surface area (Å²) in [5.41, 5.74) is 0. The van der Waals surface area contributed by atoms with Crippen LogP contribution in [0.5, 0.6) is 0 Å². The van der Waals surface area contributed by atoms with Gasteiger partial charge in [0.15, 0.2) is 0 Å². The van der Waals surface area contributed by atoms with Crippen LogP contribution in [0.15, 0.2) is 0 Å². The summed E-state index contributed by atoms with van der Waals surface area (Å²) in [5, 5.41) is 2.60. The third kappa shape index (κ3) is 5.69. The van der Waals surface area contributed by atoms with Gasteiger partial charge in [0.25, 0.3) is 0 Å². The highest BCUT2D eigenvalue weighted by Gasteiger charge is 2.20. The molecule has 0 aromatic heterocycles. The van der Waals surface area contributed by atoms with Crippen molar-refractivity contribution < 1.29 is 9.59 Å². The molecular weight excluding hydrogens is 264 g/mol. The molecule has 110 valence electrons. The van der Waals surface area contributed by atoms with Crippen LogP contribution >= 0.6 is 11.8 Å². The van der Waals surface area contributed by atoms with E-state index in [0.717, 1.165) is 38.5 Å². The number of carbonyl (C=O) groups excluding carboxylic acids is 2. The Kier molecular flexibility index (Phi) is 7.01. The first-order valence-corrected chi connectivity index (χ1v) is 7.88. The summed E-state index contributed by atoms with van der Waals surface area (Å²) >= 11 is 1.84. The fourth-order valence-electron chi connectivity index (χ4n) is 1.86. The van der Waals surface area contributed by atoms with Crippen molar-refractivity contribution in [3.05, 3.63) is 0 Å². The van der Waals surface area contributed by atoms with Gasteiger partial charge < -0.3 is 15.1 Å². The monoisotopic (exact) mass is 288 g/mol. The number of hydrogen-bond donors (Lipinski definition) is 1. The molecule has 7 heteroatoms. The molecule has 0 bridgehead atoms. The highest BCUT2D eigenvalue weighted by Crippen LogP contribution is 2.03. The molecule has 0 unspecified atom stereocenters. The Morgan fingerprint density at radius 1 is 1.21 bits per heavy atom. The molecule has 0 aromatic rings. The number of carbonyl (C=O) groups is 2. The second-order valence-electron chi connectivity index (χ2n) is 4.77. The van der Waals surface area contributed by atoms with Crippen LogP contribution in [-0.4, -0.2) is 92.0 Å². The topological polar surface area (TPSA) is 55.9 Å². The molecule has 0 saturated carbocycles. The van der Waals surface area contributed by atoms with E-state index in [9.17, 15) is 9.59 Å². The normalized spacial score (nSPS) is 16.3. The van der Waals surface area contributed by atoms with Gasteiger partial charge in [0.1, 0.15) is 0 Å². The summed E-state index contributed by atoms with van der Waals surface area (Å²) in [6, 6.07) is -0.230. The largest absolute Gasteiger partial charge is 0.339 e. The number of nitrogens with one attached hydrogen (secondary N) is 1. The van der Waals surface area contributed by atoms with Gasteiger partial charge in [0.2, 0.25) is 5.91 Å². The van der Waals surface area contributed by atoms with E-state index in [1.54, 1.807) is 14.1 Å². The molecular formula is C12H24N4O2S. The number of urea groups is 1. The van der Waals surface area contributed by atoms with Crippen molar-refractivity contribution in [2.24, 2.45) is 0 Å². The highest BCUT2D eigenvalue weighted by atomic mass is 32.2. The molecule has 1 rings (SSSR count). The van der Waals surface area contributed by atoms with Crippen molar-refractivity contribution in [1.29, 1.82) is 0 Å². The summed E-state index contributed by atoms with van der Waals surface area (Å²) < 4.78 is 0.